The van der Waals surface area contributed by atoms with Crippen LogP contribution >= 0.6 is 0 Å². The summed E-state index contributed by atoms with van der Waals surface area (Å²) < 4.78 is 5.93. The summed E-state index contributed by atoms with van der Waals surface area (Å²) in [6.07, 6.45) is 0. The van der Waals surface area contributed by atoms with Gasteiger partial charge >= 0.3 is 0 Å². The van der Waals surface area contributed by atoms with Crippen molar-refractivity contribution in [3.63, 3.8) is 0 Å². The van der Waals surface area contributed by atoms with Crippen LogP contribution in [-0.2, 0) is 11.3 Å². The molecule has 0 bridgehead atoms. The minimum Gasteiger partial charge on any atom is -0.376 e. The fourth-order valence-corrected chi connectivity index (χ4v) is 6.43. The van der Waals surface area contributed by atoms with Gasteiger partial charge in [-0.25, -0.2) is 0 Å². The maximum absolute atomic E-state index is 13.2. The van der Waals surface area contributed by atoms with Crippen LogP contribution in [-0.4, -0.2) is 20.5 Å². The van der Waals surface area contributed by atoms with E-state index < -0.39 is 8.07 Å². The summed E-state index contributed by atoms with van der Waals surface area (Å²) in [5.74, 6) is 0.398. The van der Waals surface area contributed by atoms with Crippen LogP contribution in [0, 0.1) is 0 Å². The van der Waals surface area contributed by atoms with Crippen LogP contribution in [0.15, 0.2) is 42.5 Å². The fourth-order valence-electron chi connectivity index (χ4n) is 4.31. The van der Waals surface area contributed by atoms with Gasteiger partial charge in [-0.1, -0.05) is 56.1 Å². The molecule has 1 unspecified atom stereocenters. The quantitative estimate of drug-likeness (QED) is 0.498. The third kappa shape index (κ3) is 2.37. The largest absolute Gasteiger partial charge is 0.376 e. The van der Waals surface area contributed by atoms with Crippen molar-refractivity contribution < 1.29 is 9.53 Å². The minimum atomic E-state index is -1.75. The summed E-state index contributed by atoms with van der Waals surface area (Å²) in [4.78, 5) is 13.2. The van der Waals surface area contributed by atoms with E-state index >= 15 is 0 Å². The van der Waals surface area contributed by atoms with Gasteiger partial charge in [0.05, 0.1) is 21.3 Å². The summed E-state index contributed by atoms with van der Waals surface area (Å²) in [6, 6.07) is 10.3. The third-order valence-corrected chi connectivity index (χ3v) is 7.46. The van der Waals surface area contributed by atoms with Crippen molar-refractivity contribution in [1.29, 1.82) is 0 Å². The first-order valence-corrected chi connectivity index (χ1v) is 12.4. The van der Waals surface area contributed by atoms with Crippen LogP contribution < -0.4 is 5.19 Å². The van der Waals surface area contributed by atoms with Crippen molar-refractivity contribution in [3.8, 4) is 11.1 Å². The number of ketones is 1. The Labute approximate surface area is 150 Å². The lowest BCUT2D eigenvalue weighted by Crippen LogP contribution is -2.45. The standard InChI is InChI=1S/C22H24O2Si/c1-13(2)18-11-24-12-19-16(18)10-17-14-8-6-7-9-15(14)21(23)20(17)22(19)25(3,4)5/h6-10,18H,1,11-12H2,2-5H3. The molecule has 0 fully saturated rings. The molecule has 1 atom stereocenters. The van der Waals surface area contributed by atoms with Gasteiger partial charge in [0.2, 0.25) is 0 Å². The molecule has 1 aliphatic carbocycles. The summed E-state index contributed by atoms with van der Waals surface area (Å²) in [5.41, 5.74) is 7.66. The lowest BCUT2D eigenvalue weighted by molar-refractivity contribution is 0.0990. The molecule has 0 amide bonds. The SMILES string of the molecule is C=C(C)C1COCc2c1cc1c(c2[Si](C)(C)C)C(=O)c2ccccc2-1. The second kappa shape index (κ2) is 5.51. The minimum absolute atomic E-state index is 0.184. The number of hydrogen-bond acceptors (Lipinski definition) is 2. The van der Waals surface area contributed by atoms with E-state index in [-0.39, 0.29) is 11.7 Å². The summed E-state index contributed by atoms with van der Waals surface area (Å²) in [7, 11) is -1.75. The molecule has 2 aromatic carbocycles. The Kier molecular flexibility index (Phi) is 3.64. The van der Waals surface area contributed by atoms with Crippen LogP contribution in [0.3, 0.4) is 0 Å². The Morgan fingerprint density at radius 3 is 2.48 bits per heavy atom. The van der Waals surface area contributed by atoms with Crippen LogP contribution in [0.5, 0.6) is 0 Å². The highest BCUT2D eigenvalue weighted by molar-refractivity contribution is 6.90. The molecule has 0 saturated heterocycles. The van der Waals surface area contributed by atoms with E-state index in [1.807, 2.05) is 18.2 Å². The van der Waals surface area contributed by atoms with Gasteiger partial charge in [0.15, 0.2) is 5.78 Å². The molecule has 0 saturated carbocycles. The van der Waals surface area contributed by atoms with Crippen molar-refractivity contribution in [2.75, 3.05) is 6.61 Å². The Morgan fingerprint density at radius 1 is 1.16 bits per heavy atom. The maximum Gasteiger partial charge on any atom is 0.194 e. The van der Waals surface area contributed by atoms with E-state index in [4.69, 9.17) is 4.74 Å². The van der Waals surface area contributed by atoms with E-state index in [0.717, 1.165) is 27.8 Å². The number of carbonyl (C=O) groups excluding carboxylic acids is 1. The van der Waals surface area contributed by atoms with Gasteiger partial charge in [0, 0.05) is 17.0 Å². The van der Waals surface area contributed by atoms with E-state index in [1.165, 1.54) is 16.3 Å². The van der Waals surface area contributed by atoms with Gasteiger partial charge in [0.25, 0.3) is 0 Å². The molecule has 25 heavy (non-hydrogen) atoms. The number of ether oxygens (including phenoxy) is 1. The van der Waals surface area contributed by atoms with Crippen LogP contribution in [0.4, 0.5) is 0 Å². The van der Waals surface area contributed by atoms with Gasteiger partial charge in [0.1, 0.15) is 0 Å². The Hall–Kier alpha value is -1.97. The van der Waals surface area contributed by atoms with Gasteiger partial charge in [-0.05, 0) is 40.4 Å². The van der Waals surface area contributed by atoms with Crippen molar-refractivity contribution in [3.05, 3.63) is 64.7 Å². The molecule has 2 aliphatic rings. The molecule has 0 radical (unpaired) electrons. The highest BCUT2D eigenvalue weighted by Crippen LogP contribution is 2.42. The normalized spacial score (nSPS) is 18.6. The third-order valence-electron chi connectivity index (χ3n) is 5.41. The molecule has 1 aliphatic heterocycles. The van der Waals surface area contributed by atoms with Gasteiger partial charge < -0.3 is 4.74 Å². The van der Waals surface area contributed by atoms with Crippen molar-refractivity contribution in [2.24, 2.45) is 0 Å². The molecular weight excluding hydrogens is 324 g/mol. The molecule has 4 rings (SSSR count). The molecule has 128 valence electrons. The first kappa shape index (κ1) is 16.5. The van der Waals surface area contributed by atoms with Gasteiger partial charge in [-0.3, -0.25) is 4.79 Å². The zero-order valence-electron chi connectivity index (χ0n) is 15.4. The number of hydrogen-bond donors (Lipinski definition) is 0. The fraction of sp³-hybridized carbons (Fsp3) is 0.318. The molecule has 2 nitrogen and oxygen atoms in total. The van der Waals surface area contributed by atoms with E-state index in [1.54, 1.807) is 0 Å². The second-order valence-electron chi connectivity index (χ2n) is 8.28. The van der Waals surface area contributed by atoms with E-state index in [0.29, 0.717) is 13.2 Å². The number of benzene rings is 2. The number of fused-ring (bicyclic) bond motifs is 4. The molecule has 0 N–H and O–H groups in total. The lowest BCUT2D eigenvalue weighted by atomic mass is 9.85. The topological polar surface area (TPSA) is 26.3 Å². The first-order chi connectivity index (χ1) is 11.8. The molecular formula is C22H24O2Si. The molecule has 1 heterocycles. The monoisotopic (exact) mass is 348 g/mol. The van der Waals surface area contributed by atoms with E-state index in [9.17, 15) is 4.79 Å². The molecule has 2 aromatic rings. The maximum atomic E-state index is 13.2. The van der Waals surface area contributed by atoms with Gasteiger partial charge in [-0.2, -0.15) is 0 Å². The second-order valence-corrected chi connectivity index (χ2v) is 13.3. The average Bonchev–Trinajstić information content (AvgIpc) is 2.84. The van der Waals surface area contributed by atoms with Gasteiger partial charge in [-0.15, -0.1) is 0 Å². The van der Waals surface area contributed by atoms with Crippen molar-refractivity contribution in [1.82, 2.24) is 0 Å². The van der Waals surface area contributed by atoms with Crippen LogP contribution in [0.25, 0.3) is 11.1 Å². The molecule has 0 aromatic heterocycles. The first-order valence-electron chi connectivity index (χ1n) is 8.88. The zero-order chi connectivity index (χ0) is 17.9. The molecule has 0 spiro atoms. The summed E-state index contributed by atoms with van der Waals surface area (Å²) >= 11 is 0. The van der Waals surface area contributed by atoms with Crippen LogP contribution in [0.2, 0.25) is 19.6 Å². The highest BCUT2D eigenvalue weighted by atomic mass is 28.3. The Bertz CT molecular complexity index is 918. The average molecular weight is 349 g/mol. The van der Waals surface area contributed by atoms with Crippen molar-refractivity contribution in [2.45, 2.75) is 39.1 Å². The number of rotatable bonds is 2. The van der Waals surface area contributed by atoms with Crippen LogP contribution in [0.1, 0.15) is 39.9 Å². The predicted molar refractivity (Wildman–Crippen MR) is 106 cm³/mol. The highest BCUT2D eigenvalue weighted by Gasteiger charge is 2.38. The smallest absolute Gasteiger partial charge is 0.194 e. The number of carbonyl (C=O) groups is 1. The predicted octanol–water partition coefficient (Wildman–Crippen LogP) is 4.63. The van der Waals surface area contributed by atoms with Crippen molar-refractivity contribution >= 4 is 19.0 Å². The summed E-state index contributed by atoms with van der Waals surface area (Å²) in [6.45, 7) is 14.5. The summed E-state index contributed by atoms with van der Waals surface area (Å²) in [5, 5.41) is 1.28. The zero-order valence-corrected chi connectivity index (χ0v) is 16.4. The lowest BCUT2D eigenvalue weighted by Gasteiger charge is -2.33. The van der Waals surface area contributed by atoms with E-state index in [2.05, 4.69) is 45.3 Å². The Balaban J connectivity index is 2.11. The Morgan fingerprint density at radius 2 is 1.84 bits per heavy atom. The molecule has 3 heteroatoms.